The minimum atomic E-state index is -4.56. The molecule has 4 rings (SSSR count). The van der Waals surface area contributed by atoms with Gasteiger partial charge in [0.1, 0.15) is 5.75 Å². The van der Waals surface area contributed by atoms with E-state index < -0.39 is 17.6 Å². The molecule has 0 aliphatic heterocycles. The molecule has 0 saturated heterocycles. The molecule has 3 aromatic carbocycles. The van der Waals surface area contributed by atoms with E-state index in [2.05, 4.69) is 10.5 Å². The number of alkyl halides is 3. The van der Waals surface area contributed by atoms with Gasteiger partial charge in [0, 0.05) is 11.1 Å². The van der Waals surface area contributed by atoms with E-state index in [0.717, 1.165) is 23.3 Å². The predicted molar refractivity (Wildman–Crippen MR) is 132 cm³/mol. The Morgan fingerprint density at radius 3 is 2.22 bits per heavy atom. The molecule has 0 saturated carbocycles. The number of carbonyl (C=O) groups excluding carboxylic acids is 1. The van der Waals surface area contributed by atoms with Crippen LogP contribution in [0.4, 0.5) is 13.2 Å². The van der Waals surface area contributed by atoms with Gasteiger partial charge >= 0.3 is 6.18 Å². The molecule has 6 nitrogen and oxygen atoms in total. The Balaban J connectivity index is 1.78. The average molecular weight is 496 g/mol. The molecule has 3 N–H and O–H groups in total. The number of fused-ring (bicyclic) bond motifs is 1. The quantitative estimate of drug-likeness (QED) is 0.243. The smallest absolute Gasteiger partial charge is 0.416 e. The highest BCUT2D eigenvalue weighted by Crippen LogP contribution is 2.39. The maximum Gasteiger partial charge on any atom is 0.416 e. The number of halogens is 3. The third-order valence-electron chi connectivity index (χ3n) is 5.75. The van der Waals surface area contributed by atoms with Gasteiger partial charge in [-0.15, -0.1) is 0 Å². The summed E-state index contributed by atoms with van der Waals surface area (Å²) < 4.78 is 41.9. The largest absolute Gasteiger partial charge is 0.508 e. The number of carbonyl (C=O) groups is 1. The van der Waals surface area contributed by atoms with E-state index in [1.54, 1.807) is 31.2 Å². The van der Waals surface area contributed by atoms with Crippen molar-refractivity contribution < 1.29 is 28.2 Å². The van der Waals surface area contributed by atoms with Crippen molar-refractivity contribution in [2.24, 2.45) is 5.10 Å². The van der Waals surface area contributed by atoms with Crippen LogP contribution in [0.5, 0.6) is 11.6 Å². The summed E-state index contributed by atoms with van der Waals surface area (Å²) in [4.78, 5) is 12.4. The number of hydrogen-bond donors (Lipinski definition) is 3. The number of phenolic OH excluding ortho intramolecular Hbond substituents is 1. The van der Waals surface area contributed by atoms with Crippen LogP contribution in [0.3, 0.4) is 0 Å². The number of hydrogen-bond acceptors (Lipinski definition) is 4. The third-order valence-corrected chi connectivity index (χ3v) is 5.75. The number of aromatic hydroxyl groups is 2. The summed E-state index contributed by atoms with van der Waals surface area (Å²) in [7, 11) is 0. The van der Waals surface area contributed by atoms with Crippen molar-refractivity contribution in [3.05, 3.63) is 88.5 Å². The van der Waals surface area contributed by atoms with Crippen LogP contribution in [0.15, 0.2) is 65.8 Å². The first-order valence-electron chi connectivity index (χ1n) is 11.1. The number of aryl methyl sites for hydroxylation is 2. The Morgan fingerprint density at radius 2 is 1.61 bits per heavy atom. The van der Waals surface area contributed by atoms with E-state index in [1.807, 2.05) is 19.9 Å². The fourth-order valence-corrected chi connectivity index (χ4v) is 4.19. The van der Waals surface area contributed by atoms with Crippen molar-refractivity contribution in [2.45, 2.75) is 33.4 Å². The highest BCUT2D eigenvalue weighted by molar-refractivity contribution is 6.13. The first-order chi connectivity index (χ1) is 16.9. The van der Waals surface area contributed by atoms with E-state index in [0.29, 0.717) is 16.6 Å². The van der Waals surface area contributed by atoms with Crippen LogP contribution in [0.2, 0.25) is 0 Å². The van der Waals surface area contributed by atoms with Crippen LogP contribution in [-0.4, -0.2) is 26.4 Å². The lowest BCUT2D eigenvalue weighted by molar-refractivity contribution is -0.137. The summed E-state index contributed by atoms with van der Waals surface area (Å²) >= 11 is 0. The molecular weight excluding hydrogens is 471 g/mol. The lowest BCUT2D eigenvalue weighted by atomic mass is 10.1. The van der Waals surface area contributed by atoms with Crippen molar-refractivity contribution in [1.82, 2.24) is 9.99 Å². The molecular formula is C27H24F3N3O3. The van der Waals surface area contributed by atoms with E-state index in [4.69, 9.17) is 0 Å². The topological polar surface area (TPSA) is 86.8 Å². The van der Waals surface area contributed by atoms with Gasteiger partial charge in [0.25, 0.3) is 0 Å². The fraction of sp³-hybridized carbons (Fsp3) is 0.185. The van der Waals surface area contributed by atoms with Crippen molar-refractivity contribution in [3.63, 3.8) is 0 Å². The summed E-state index contributed by atoms with van der Waals surface area (Å²) in [5.41, 5.74) is 5.10. The molecule has 0 spiro atoms. The Bertz CT molecular complexity index is 1470. The summed E-state index contributed by atoms with van der Waals surface area (Å²) in [6, 6.07) is 14.8. The first kappa shape index (κ1) is 24.8. The van der Waals surface area contributed by atoms with Gasteiger partial charge in [-0.2, -0.15) is 18.3 Å². The Hall–Kier alpha value is -4.27. The molecule has 0 radical (unpaired) electrons. The number of nitrogens with zero attached hydrogens (tertiary/aromatic N) is 2. The van der Waals surface area contributed by atoms with Crippen molar-refractivity contribution >= 4 is 22.5 Å². The van der Waals surface area contributed by atoms with Gasteiger partial charge in [0.2, 0.25) is 11.8 Å². The standard InChI is InChI=1S/C27H24F3N3O3/c1-15-10-16(2)12-20(11-15)33-23-14-19(27(28,29)30)6-9-22(23)25(26(33)36)17(3)31-32-24(35)13-18-4-7-21(34)8-5-18/h4-12,14,34,36H,13H2,1-3H3,(H,32,35)/b31-17+. The SMILES string of the molecule is C/C(=N\NC(=O)Cc1ccc(O)cc1)c1c(O)n(-c2cc(C)cc(C)c2)c2cc(C(F)(F)F)ccc12. The van der Waals surface area contributed by atoms with Crippen LogP contribution < -0.4 is 5.43 Å². The minimum absolute atomic E-state index is 0.00230. The number of phenols is 1. The number of amides is 1. The van der Waals surface area contributed by atoms with Gasteiger partial charge in [-0.1, -0.05) is 24.3 Å². The zero-order chi connectivity index (χ0) is 26.2. The maximum atomic E-state index is 13.5. The van der Waals surface area contributed by atoms with Gasteiger partial charge in [0.15, 0.2) is 0 Å². The second kappa shape index (κ2) is 9.41. The first-order valence-corrected chi connectivity index (χ1v) is 11.1. The monoisotopic (exact) mass is 495 g/mol. The molecule has 9 heteroatoms. The van der Waals surface area contributed by atoms with Gasteiger partial charge in [-0.25, -0.2) is 5.43 Å². The molecule has 1 heterocycles. The Labute approximate surface area is 205 Å². The summed E-state index contributed by atoms with van der Waals surface area (Å²) in [6.45, 7) is 5.27. The minimum Gasteiger partial charge on any atom is -0.508 e. The molecule has 1 aromatic heterocycles. The second-order valence-corrected chi connectivity index (χ2v) is 8.69. The van der Waals surface area contributed by atoms with Crippen LogP contribution >= 0.6 is 0 Å². The van der Waals surface area contributed by atoms with Crippen LogP contribution in [0, 0.1) is 13.8 Å². The van der Waals surface area contributed by atoms with Crippen LogP contribution in [0.25, 0.3) is 16.6 Å². The molecule has 0 fully saturated rings. The maximum absolute atomic E-state index is 13.5. The van der Waals surface area contributed by atoms with E-state index in [1.165, 1.54) is 22.8 Å². The fourth-order valence-electron chi connectivity index (χ4n) is 4.19. The lowest BCUT2D eigenvalue weighted by Gasteiger charge is -2.11. The van der Waals surface area contributed by atoms with E-state index >= 15 is 0 Å². The Morgan fingerprint density at radius 1 is 0.972 bits per heavy atom. The van der Waals surface area contributed by atoms with Crippen molar-refractivity contribution in [1.29, 1.82) is 0 Å². The average Bonchev–Trinajstić information content (AvgIpc) is 3.09. The van der Waals surface area contributed by atoms with Gasteiger partial charge < -0.3 is 10.2 Å². The van der Waals surface area contributed by atoms with Gasteiger partial charge in [0.05, 0.1) is 28.8 Å². The van der Waals surface area contributed by atoms with Crippen LogP contribution in [-0.2, 0) is 17.4 Å². The summed E-state index contributed by atoms with van der Waals surface area (Å²) in [5, 5.41) is 25.0. The summed E-state index contributed by atoms with van der Waals surface area (Å²) in [6.07, 6.45) is -4.56. The van der Waals surface area contributed by atoms with Crippen molar-refractivity contribution in [3.8, 4) is 17.3 Å². The number of benzene rings is 3. The molecule has 0 aliphatic carbocycles. The molecule has 0 unspecified atom stereocenters. The molecule has 0 bridgehead atoms. The highest BCUT2D eigenvalue weighted by Gasteiger charge is 2.32. The second-order valence-electron chi connectivity index (χ2n) is 8.69. The molecule has 36 heavy (non-hydrogen) atoms. The molecule has 186 valence electrons. The highest BCUT2D eigenvalue weighted by atomic mass is 19.4. The third kappa shape index (κ3) is 5.05. The number of hydrazone groups is 1. The van der Waals surface area contributed by atoms with E-state index in [-0.39, 0.29) is 34.8 Å². The zero-order valence-electron chi connectivity index (χ0n) is 19.8. The number of rotatable bonds is 5. The zero-order valence-corrected chi connectivity index (χ0v) is 19.8. The predicted octanol–water partition coefficient (Wildman–Crippen LogP) is 5.76. The van der Waals surface area contributed by atoms with Crippen LogP contribution in [0.1, 0.15) is 34.7 Å². The van der Waals surface area contributed by atoms with Crippen molar-refractivity contribution in [2.75, 3.05) is 0 Å². The molecule has 4 aromatic rings. The molecule has 1 amide bonds. The lowest BCUT2D eigenvalue weighted by Crippen LogP contribution is -2.21. The Kier molecular flexibility index (Phi) is 6.49. The normalized spacial score (nSPS) is 12.2. The van der Waals surface area contributed by atoms with Gasteiger partial charge in [-0.3, -0.25) is 9.36 Å². The van der Waals surface area contributed by atoms with Gasteiger partial charge in [-0.05, 0) is 73.9 Å². The van der Waals surface area contributed by atoms with E-state index in [9.17, 15) is 28.2 Å². The number of nitrogens with one attached hydrogen (secondary N) is 1. The summed E-state index contributed by atoms with van der Waals surface area (Å²) in [5.74, 6) is -0.641. The number of aromatic nitrogens is 1. The molecule has 0 atom stereocenters. The molecule has 0 aliphatic rings.